The quantitative estimate of drug-likeness (QED) is 0.770. The summed E-state index contributed by atoms with van der Waals surface area (Å²) in [7, 11) is 0. The largest absolute Gasteiger partial charge is 0.457 e. The van der Waals surface area contributed by atoms with Crippen molar-refractivity contribution in [1.82, 2.24) is 5.32 Å². The van der Waals surface area contributed by atoms with E-state index in [1.54, 1.807) is 6.26 Å². The molecule has 0 radical (unpaired) electrons. The molecular weight excluding hydrogens is 322 g/mol. The van der Waals surface area contributed by atoms with E-state index in [0.717, 1.165) is 30.5 Å². The maximum absolute atomic E-state index is 5.37. The number of rotatable bonds is 7. The van der Waals surface area contributed by atoms with Crippen molar-refractivity contribution < 1.29 is 4.42 Å². The maximum Gasteiger partial charge on any atom is 0.173 e. The van der Waals surface area contributed by atoms with Gasteiger partial charge < -0.3 is 9.73 Å². The minimum Gasteiger partial charge on any atom is -0.457 e. The van der Waals surface area contributed by atoms with Crippen LogP contribution in [0.25, 0.3) is 0 Å². The second kappa shape index (κ2) is 7.27. The summed E-state index contributed by atoms with van der Waals surface area (Å²) in [6.07, 6.45) is 5.01. The van der Waals surface area contributed by atoms with Crippen LogP contribution in [0.4, 0.5) is 0 Å². The Morgan fingerprint density at radius 1 is 1.26 bits per heavy atom. The third-order valence-corrected chi connectivity index (χ3v) is 5.03. The lowest BCUT2D eigenvalue weighted by atomic mass is 10.1. The van der Waals surface area contributed by atoms with E-state index in [4.69, 9.17) is 4.42 Å². The van der Waals surface area contributed by atoms with Gasteiger partial charge in [0.15, 0.2) is 4.67 Å². The Labute approximate surface area is 127 Å². The summed E-state index contributed by atoms with van der Waals surface area (Å²) in [4.78, 5) is 2.88. The van der Waals surface area contributed by atoms with Crippen LogP contribution in [0.1, 0.15) is 41.6 Å². The van der Waals surface area contributed by atoms with Gasteiger partial charge in [-0.2, -0.15) is 0 Å². The van der Waals surface area contributed by atoms with E-state index in [0.29, 0.717) is 6.04 Å². The first-order valence-corrected chi connectivity index (χ1v) is 8.39. The Morgan fingerprint density at radius 2 is 2.05 bits per heavy atom. The molecule has 0 amide bonds. The standard InChI is InChI=1S/C15H20BrNOS/c1-3-8-17-14(13-7-9-18-15(13)16)10-12-6-5-11(4-2)19-12/h5-7,9,14,17H,3-4,8,10H2,1-2H3. The van der Waals surface area contributed by atoms with Gasteiger partial charge in [-0.25, -0.2) is 0 Å². The van der Waals surface area contributed by atoms with E-state index in [-0.39, 0.29) is 0 Å². The molecule has 2 rings (SSSR count). The number of halogens is 1. The average Bonchev–Trinajstić information content (AvgIpc) is 3.03. The van der Waals surface area contributed by atoms with Crippen LogP contribution in [0.15, 0.2) is 33.5 Å². The highest BCUT2D eigenvalue weighted by Crippen LogP contribution is 2.29. The van der Waals surface area contributed by atoms with E-state index in [1.165, 1.54) is 15.3 Å². The molecular formula is C15H20BrNOS. The van der Waals surface area contributed by atoms with Crippen LogP contribution in [0, 0.1) is 0 Å². The van der Waals surface area contributed by atoms with E-state index in [2.05, 4.69) is 47.2 Å². The van der Waals surface area contributed by atoms with E-state index in [1.807, 2.05) is 17.4 Å². The smallest absolute Gasteiger partial charge is 0.173 e. The molecule has 0 aromatic carbocycles. The molecule has 0 bridgehead atoms. The fraction of sp³-hybridized carbons (Fsp3) is 0.467. The Balaban J connectivity index is 2.11. The van der Waals surface area contributed by atoms with Crippen LogP contribution in [-0.2, 0) is 12.8 Å². The van der Waals surface area contributed by atoms with Crippen LogP contribution in [0.3, 0.4) is 0 Å². The molecule has 104 valence electrons. The summed E-state index contributed by atoms with van der Waals surface area (Å²) in [5.74, 6) is 0. The number of furan rings is 1. The molecule has 1 atom stereocenters. The summed E-state index contributed by atoms with van der Waals surface area (Å²) >= 11 is 5.40. The Bertz CT molecular complexity index is 506. The maximum atomic E-state index is 5.37. The summed E-state index contributed by atoms with van der Waals surface area (Å²) in [6.45, 7) is 5.41. The number of nitrogens with one attached hydrogen (secondary N) is 1. The van der Waals surface area contributed by atoms with Crippen LogP contribution < -0.4 is 5.32 Å². The highest BCUT2D eigenvalue weighted by molar-refractivity contribution is 9.10. The zero-order valence-corrected chi connectivity index (χ0v) is 13.8. The molecule has 0 spiro atoms. The Morgan fingerprint density at radius 3 is 2.63 bits per heavy atom. The Hall–Kier alpha value is -0.580. The summed E-state index contributed by atoms with van der Waals surface area (Å²) < 4.78 is 6.21. The molecule has 4 heteroatoms. The first kappa shape index (κ1) is 14.8. The van der Waals surface area contributed by atoms with Crippen molar-refractivity contribution in [3.05, 3.63) is 44.4 Å². The monoisotopic (exact) mass is 341 g/mol. The van der Waals surface area contributed by atoms with Crippen molar-refractivity contribution in [2.45, 2.75) is 39.2 Å². The summed E-state index contributed by atoms with van der Waals surface area (Å²) in [5, 5.41) is 3.61. The summed E-state index contributed by atoms with van der Waals surface area (Å²) in [6, 6.07) is 6.85. The van der Waals surface area contributed by atoms with Crippen molar-refractivity contribution in [1.29, 1.82) is 0 Å². The topological polar surface area (TPSA) is 25.2 Å². The van der Waals surface area contributed by atoms with Crippen LogP contribution in [0.5, 0.6) is 0 Å². The van der Waals surface area contributed by atoms with Gasteiger partial charge >= 0.3 is 0 Å². The fourth-order valence-corrected chi connectivity index (χ4v) is 3.61. The van der Waals surface area contributed by atoms with Gasteiger partial charge in [0.2, 0.25) is 0 Å². The SMILES string of the molecule is CCCNC(Cc1ccc(CC)s1)c1ccoc1Br. The number of aryl methyl sites for hydroxylation is 1. The molecule has 0 fully saturated rings. The zero-order chi connectivity index (χ0) is 13.7. The van der Waals surface area contributed by atoms with Crippen LogP contribution in [0.2, 0.25) is 0 Å². The van der Waals surface area contributed by atoms with Crippen molar-refractivity contribution in [3.8, 4) is 0 Å². The molecule has 2 heterocycles. The highest BCUT2D eigenvalue weighted by Gasteiger charge is 2.17. The molecule has 0 saturated carbocycles. The van der Waals surface area contributed by atoms with Crippen LogP contribution in [-0.4, -0.2) is 6.54 Å². The summed E-state index contributed by atoms with van der Waals surface area (Å²) in [5.41, 5.74) is 1.21. The van der Waals surface area contributed by atoms with E-state index >= 15 is 0 Å². The molecule has 1 unspecified atom stereocenters. The van der Waals surface area contributed by atoms with Gasteiger partial charge in [-0.1, -0.05) is 13.8 Å². The minimum absolute atomic E-state index is 0.316. The van der Waals surface area contributed by atoms with E-state index < -0.39 is 0 Å². The molecule has 0 aliphatic rings. The number of thiophene rings is 1. The molecule has 0 saturated heterocycles. The lowest BCUT2D eigenvalue weighted by Crippen LogP contribution is -2.23. The molecule has 2 aromatic heterocycles. The third-order valence-electron chi connectivity index (χ3n) is 3.13. The number of hydrogen-bond donors (Lipinski definition) is 1. The molecule has 19 heavy (non-hydrogen) atoms. The van der Waals surface area contributed by atoms with Crippen molar-refractivity contribution in [2.75, 3.05) is 6.54 Å². The average molecular weight is 342 g/mol. The molecule has 0 aliphatic carbocycles. The van der Waals surface area contributed by atoms with E-state index in [9.17, 15) is 0 Å². The molecule has 0 aliphatic heterocycles. The van der Waals surface area contributed by atoms with Crippen molar-refractivity contribution in [2.24, 2.45) is 0 Å². The molecule has 2 nitrogen and oxygen atoms in total. The fourth-order valence-electron chi connectivity index (χ4n) is 2.09. The second-order valence-corrected chi connectivity index (χ2v) is 6.56. The van der Waals surface area contributed by atoms with Gasteiger partial charge in [0.25, 0.3) is 0 Å². The minimum atomic E-state index is 0.316. The predicted octanol–water partition coefficient (Wildman–Crippen LogP) is 4.95. The van der Waals surface area contributed by atoms with Crippen molar-refractivity contribution in [3.63, 3.8) is 0 Å². The van der Waals surface area contributed by atoms with Gasteiger partial charge in [0, 0.05) is 27.8 Å². The number of hydrogen-bond acceptors (Lipinski definition) is 3. The molecule has 2 aromatic rings. The first-order valence-electron chi connectivity index (χ1n) is 6.78. The zero-order valence-electron chi connectivity index (χ0n) is 11.4. The van der Waals surface area contributed by atoms with Gasteiger partial charge in [-0.3, -0.25) is 0 Å². The lowest BCUT2D eigenvalue weighted by molar-refractivity contribution is 0.499. The van der Waals surface area contributed by atoms with Crippen molar-refractivity contribution >= 4 is 27.3 Å². The predicted molar refractivity (Wildman–Crippen MR) is 84.8 cm³/mol. The second-order valence-electron chi connectivity index (χ2n) is 4.58. The van der Waals surface area contributed by atoms with Gasteiger partial charge in [-0.15, -0.1) is 11.3 Å². The van der Waals surface area contributed by atoms with Gasteiger partial charge in [0.05, 0.1) is 6.26 Å². The normalized spacial score (nSPS) is 12.8. The van der Waals surface area contributed by atoms with Gasteiger partial charge in [0.1, 0.15) is 0 Å². The highest BCUT2D eigenvalue weighted by atomic mass is 79.9. The van der Waals surface area contributed by atoms with Crippen LogP contribution >= 0.6 is 27.3 Å². The first-order chi connectivity index (χ1) is 9.24. The lowest BCUT2D eigenvalue weighted by Gasteiger charge is -2.16. The molecule has 1 N–H and O–H groups in total. The van der Waals surface area contributed by atoms with Gasteiger partial charge in [-0.05, 0) is 53.5 Å². The Kier molecular flexibility index (Phi) is 5.67. The third kappa shape index (κ3) is 3.94.